The lowest BCUT2D eigenvalue weighted by atomic mass is 9.92. The van der Waals surface area contributed by atoms with E-state index in [1.807, 2.05) is 18.3 Å². The van der Waals surface area contributed by atoms with Crippen LogP contribution in [0.1, 0.15) is 42.4 Å². The molecule has 1 aromatic carbocycles. The second kappa shape index (κ2) is 9.26. The summed E-state index contributed by atoms with van der Waals surface area (Å²) in [7, 11) is 0. The van der Waals surface area contributed by atoms with Crippen molar-refractivity contribution in [2.75, 3.05) is 0 Å². The van der Waals surface area contributed by atoms with Crippen molar-refractivity contribution in [3.05, 3.63) is 83.1 Å². The Morgan fingerprint density at radius 2 is 1.98 bits per heavy atom. The SMILES string of the molecule is O=C1C=C(c2c(-n3cc(C(F)(F)F)nn3)ccc(Cl)c2F)C[C@@H]2CC[C@H](c3ncc(-c4c[nH]c5ncccc45)[nH]3)N12. The van der Waals surface area contributed by atoms with Crippen LogP contribution in [0.4, 0.5) is 17.6 Å². The highest BCUT2D eigenvalue weighted by atomic mass is 35.5. The number of hydrogen-bond acceptors (Lipinski definition) is 5. The van der Waals surface area contributed by atoms with Crippen LogP contribution in [0, 0.1) is 5.82 Å². The maximum Gasteiger partial charge on any atom is 0.436 e. The van der Waals surface area contributed by atoms with Gasteiger partial charge in [0.1, 0.15) is 11.5 Å². The van der Waals surface area contributed by atoms with Gasteiger partial charge in [-0.15, -0.1) is 5.10 Å². The van der Waals surface area contributed by atoms with Gasteiger partial charge in [-0.3, -0.25) is 4.79 Å². The molecule has 0 saturated carbocycles. The first kappa shape index (κ1) is 25.4. The summed E-state index contributed by atoms with van der Waals surface area (Å²) in [5, 5.41) is 7.43. The van der Waals surface area contributed by atoms with Crippen molar-refractivity contribution >= 4 is 34.1 Å². The largest absolute Gasteiger partial charge is 0.436 e. The second-order valence-corrected chi connectivity index (χ2v) is 10.4. The number of nitrogens with zero attached hydrogens (tertiary/aromatic N) is 6. The van der Waals surface area contributed by atoms with Crippen LogP contribution in [0.2, 0.25) is 5.02 Å². The van der Waals surface area contributed by atoms with Crippen molar-refractivity contribution in [3.63, 3.8) is 0 Å². The Morgan fingerprint density at radius 1 is 1.12 bits per heavy atom. The summed E-state index contributed by atoms with van der Waals surface area (Å²) in [6, 6.07) is 5.79. The minimum absolute atomic E-state index is 0.000780. The van der Waals surface area contributed by atoms with Crippen LogP contribution in [0.15, 0.2) is 55.1 Å². The number of nitrogens with one attached hydrogen (secondary N) is 2. The number of rotatable bonds is 4. The molecule has 9 nitrogen and oxygen atoms in total. The number of amides is 1. The molecule has 14 heteroatoms. The maximum atomic E-state index is 15.4. The lowest BCUT2D eigenvalue weighted by Crippen LogP contribution is -2.39. The summed E-state index contributed by atoms with van der Waals surface area (Å²) in [6.07, 6.45) is 4.05. The molecule has 6 heterocycles. The van der Waals surface area contributed by atoms with Gasteiger partial charge >= 0.3 is 6.18 Å². The number of carbonyl (C=O) groups is 1. The van der Waals surface area contributed by atoms with Crippen molar-refractivity contribution < 1.29 is 22.4 Å². The molecule has 1 amide bonds. The van der Waals surface area contributed by atoms with E-state index in [9.17, 15) is 18.0 Å². The molecule has 2 aliphatic rings. The Morgan fingerprint density at radius 3 is 2.78 bits per heavy atom. The summed E-state index contributed by atoms with van der Waals surface area (Å²) < 4.78 is 55.7. The van der Waals surface area contributed by atoms with Gasteiger partial charge in [-0.2, -0.15) is 13.2 Å². The lowest BCUT2D eigenvalue weighted by molar-refractivity contribution is -0.141. The molecule has 2 N–H and O–H groups in total. The Bertz CT molecular complexity index is 1860. The molecule has 2 aliphatic heterocycles. The number of carbonyl (C=O) groups excluding carboxylic acids is 1. The molecule has 1 saturated heterocycles. The van der Waals surface area contributed by atoms with Crippen molar-refractivity contribution in [1.29, 1.82) is 0 Å². The fourth-order valence-corrected chi connectivity index (χ4v) is 5.92. The smallest absolute Gasteiger partial charge is 0.345 e. The van der Waals surface area contributed by atoms with Crippen LogP contribution in [0.3, 0.4) is 0 Å². The molecule has 5 aromatic rings. The predicted octanol–water partition coefficient (Wildman–Crippen LogP) is 5.86. The first-order valence-electron chi connectivity index (χ1n) is 12.7. The van der Waals surface area contributed by atoms with Gasteiger partial charge in [0.15, 0.2) is 11.5 Å². The Kier molecular flexibility index (Phi) is 5.75. The monoisotopic (exact) mass is 582 g/mol. The first-order chi connectivity index (χ1) is 19.7. The molecule has 0 radical (unpaired) electrons. The van der Waals surface area contributed by atoms with Crippen molar-refractivity contribution in [3.8, 4) is 16.9 Å². The van der Waals surface area contributed by atoms with E-state index >= 15 is 4.39 Å². The molecular formula is C27H19ClF4N8O. The number of imidazole rings is 1. The summed E-state index contributed by atoms with van der Waals surface area (Å²) in [5.41, 5.74) is 1.44. The summed E-state index contributed by atoms with van der Waals surface area (Å²) in [4.78, 5) is 30.6. The van der Waals surface area contributed by atoms with E-state index in [-0.39, 0.29) is 40.7 Å². The number of pyridine rings is 1. The molecule has 0 bridgehead atoms. The predicted molar refractivity (Wildman–Crippen MR) is 140 cm³/mol. The number of alkyl halides is 3. The maximum absolute atomic E-state index is 15.4. The Balaban J connectivity index is 1.21. The third-order valence-corrected chi connectivity index (χ3v) is 7.88. The topological polar surface area (TPSA) is 108 Å². The molecule has 7 rings (SSSR count). The zero-order valence-electron chi connectivity index (χ0n) is 21.0. The highest BCUT2D eigenvalue weighted by Gasteiger charge is 2.42. The quantitative estimate of drug-likeness (QED) is 0.258. The van der Waals surface area contributed by atoms with E-state index in [1.165, 1.54) is 18.2 Å². The van der Waals surface area contributed by atoms with Crippen LogP contribution in [-0.4, -0.2) is 51.8 Å². The standard InChI is InChI=1S/C27H19ClF4N8O/c28-17-4-6-19(39-12-21(37-38-39)27(30,31)32)23(24(17)29)13-8-14-3-5-20(40(14)22(41)9-13)26-35-11-18(36-26)16-10-34-25-15(16)2-1-7-33-25/h1-2,4,6-7,9-12,14,20H,3,5,8H2,(H,33,34)(H,35,36)/t14-,20+/m0/s1. The number of H-pyrrole nitrogens is 2. The summed E-state index contributed by atoms with van der Waals surface area (Å²) in [6.45, 7) is 0. The van der Waals surface area contributed by atoms with Crippen LogP contribution < -0.4 is 0 Å². The van der Waals surface area contributed by atoms with Gasteiger partial charge in [-0.1, -0.05) is 16.8 Å². The third kappa shape index (κ3) is 4.19. The third-order valence-electron chi connectivity index (χ3n) is 7.59. The molecule has 41 heavy (non-hydrogen) atoms. The van der Waals surface area contributed by atoms with Crippen LogP contribution in [0.5, 0.6) is 0 Å². The zero-order chi connectivity index (χ0) is 28.5. The van der Waals surface area contributed by atoms with Gasteiger partial charge in [0.2, 0.25) is 5.91 Å². The van der Waals surface area contributed by atoms with E-state index in [4.69, 9.17) is 11.6 Å². The number of aromatic nitrogens is 7. The highest BCUT2D eigenvalue weighted by Crippen LogP contribution is 2.44. The van der Waals surface area contributed by atoms with E-state index < -0.39 is 17.7 Å². The summed E-state index contributed by atoms with van der Waals surface area (Å²) in [5.74, 6) is -0.574. The fraction of sp³-hybridized carbons (Fsp3) is 0.222. The number of hydrogen-bond donors (Lipinski definition) is 2. The number of fused-ring (bicyclic) bond motifs is 2. The number of aromatic amines is 2. The number of halogens is 5. The molecule has 0 unspecified atom stereocenters. The molecule has 4 aromatic heterocycles. The second-order valence-electron chi connectivity index (χ2n) is 9.95. The van der Waals surface area contributed by atoms with Crippen LogP contribution >= 0.6 is 11.6 Å². The minimum atomic E-state index is -4.72. The average Bonchev–Trinajstić information content (AvgIpc) is 3.74. The Hall–Kier alpha value is -4.52. The molecule has 1 fully saturated rings. The van der Waals surface area contributed by atoms with E-state index in [0.29, 0.717) is 30.4 Å². The number of benzene rings is 1. The van der Waals surface area contributed by atoms with Crippen LogP contribution in [0.25, 0.3) is 33.6 Å². The van der Waals surface area contributed by atoms with Gasteiger partial charge < -0.3 is 14.9 Å². The van der Waals surface area contributed by atoms with Crippen molar-refractivity contribution in [2.24, 2.45) is 0 Å². The fourth-order valence-electron chi connectivity index (χ4n) is 5.77. The van der Waals surface area contributed by atoms with Gasteiger partial charge in [0.25, 0.3) is 0 Å². The lowest BCUT2D eigenvalue weighted by Gasteiger charge is -2.33. The molecule has 0 spiro atoms. The molecule has 208 valence electrons. The van der Waals surface area contributed by atoms with Crippen molar-refractivity contribution in [1.82, 2.24) is 39.8 Å². The van der Waals surface area contributed by atoms with Gasteiger partial charge in [0.05, 0.1) is 34.8 Å². The molecular weight excluding hydrogens is 564 g/mol. The first-order valence-corrected chi connectivity index (χ1v) is 13.1. The van der Waals surface area contributed by atoms with Gasteiger partial charge in [-0.25, -0.2) is 19.0 Å². The Labute approximate surface area is 233 Å². The molecule has 2 atom stereocenters. The van der Waals surface area contributed by atoms with E-state index in [1.54, 1.807) is 17.3 Å². The highest BCUT2D eigenvalue weighted by molar-refractivity contribution is 6.31. The van der Waals surface area contributed by atoms with Crippen LogP contribution in [-0.2, 0) is 11.0 Å². The normalized spacial score (nSPS) is 19.2. The zero-order valence-corrected chi connectivity index (χ0v) is 21.7. The minimum Gasteiger partial charge on any atom is -0.345 e. The van der Waals surface area contributed by atoms with E-state index in [0.717, 1.165) is 27.0 Å². The van der Waals surface area contributed by atoms with Gasteiger partial charge in [0, 0.05) is 41.0 Å². The van der Waals surface area contributed by atoms with Crippen molar-refractivity contribution in [2.45, 2.75) is 37.5 Å². The van der Waals surface area contributed by atoms with E-state index in [2.05, 4.69) is 30.2 Å². The van der Waals surface area contributed by atoms with Gasteiger partial charge in [-0.05, 0) is 49.1 Å². The summed E-state index contributed by atoms with van der Waals surface area (Å²) >= 11 is 6.06. The average molecular weight is 583 g/mol. The molecule has 0 aliphatic carbocycles.